The lowest BCUT2D eigenvalue weighted by molar-refractivity contribution is 0.102. The van der Waals surface area contributed by atoms with E-state index in [1.54, 1.807) is 37.6 Å². The number of benzene rings is 1. The van der Waals surface area contributed by atoms with Crippen LogP contribution < -0.4 is 11.1 Å². The Morgan fingerprint density at radius 1 is 1.41 bits per heavy atom. The van der Waals surface area contributed by atoms with Crippen molar-refractivity contribution in [3.8, 4) is 0 Å². The fraction of sp³-hybridized carbons (Fsp3) is 0.381. The van der Waals surface area contributed by atoms with Gasteiger partial charge in [0, 0.05) is 30.3 Å². The molecule has 6 nitrogen and oxygen atoms in total. The van der Waals surface area contributed by atoms with Crippen LogP contribution in [0.25, 0.3) is 0 Å². The first-order valence-corrected chi connectivity index (χ1v) is 10.5. The van der Waals surface area contributed by atoms with Crippen molar-refractivity contribution >= 4 is 28.5 Å². The number of hydrogen-bond acceptors (Lipinski definition) is 6. The number of anilines is 1. The Balaban J connectivity index is 1.60. The summed E-state index contributed by atoms with van der Waals surface area (Å²) in [6.45, 7) is 0.432. The van der Waals surface area contributed by atoms with Gasteiger partial charge in [0.1, 0.15) is 11.5 Å². The van der Waals surface area contributed by atoms with Crippen molar-refractivity contribution in [2.24, 2.45) is 16.6 Å². The van der Waals surface area contributed by atoms with Crippen molar-refractivity contribution in [2.45, 2.75) is 31.4 Å². The van der Waals surface area contributed by atoms with E-state index in [0.717, 1.165) is 30.6 Å². The van der Waals surface area contributed by atoms with Crippen LogP contribution in [0.2, 0.25) is 0 Å². The highest BCUT2D eigenvalue weighted by molar-refractivity contribution is 8.13. The second kappa shape index (κ2) is 8.12. The molecule has 152 valence electrons. The molecule has 1 aromatic carbocycles. The summed E-state index contributed by atoms with van der Waals surface area (Å²) in [5.41, 5.74) is 7.54. The number of carbonyl (C=O) groups excluding carboxylic acids is 1. The van der Waals surface area contributed by atoms with E-state index in [-0.39, 0.29) is 23.3 Å². The van der Waals surface area contributed by atoms with Crippen LogP contribution in [0.4, 0.5) is 10.1 Å². The van der Waals surface area contributed by atoms with Gasteiger partial charge in [0.25, 0.3) is 5.91 Å². The van der Waals surface area contributed by atoms with Crippen LogP contribution in [0, 0.1) is 11.7 Å². The van der Waals surface area contributed by atoms with Gasteiger partial charge in [-0.3, -0.25) is 14.8 Å². The van der Waals surface area contributed by atoms with Crippen LogP contribution in [-0.2, 0) is 16.9 Å². The summed E-state index contributed by atoms with van der Waals surface area (Å²) in [6, 6.07) is 8.07. The largest absolute Gasteiger partial charge is 0.380 e. The van der Waals surface area contributed by atoms with E-state index in [1.807, 2.05) is 0 Å². The van der Waals surface area contributed by atoms with Gasteiger partial charge in [-0.1, -0.05) is 24.2 Å². The van der Waals surface area contributed by atoms with E-state index >= 15 is 0 Å². The molecule has 2 atom stereocenters. The number of hydrogen-bond donors (Lipinski definition) is 2. The Morgan fingerprint density at radius 3 is 3.03 bits per heavy atom. The number of pyridine rings is 1. The smallest absolute Gasteiger partial charge is 0.274 e. The van der Waals surface area contributed by atoms with E-state index in [2.05, 4.69) is 10.3 Å². The highest BCUT2D eigenvalue weighted by Crippen LogP contribution is 2.51. The third kappa shape index (κ3) is 3.86. The van der Waals surface area contributed by atoms with E-state index in [9.17, 15) is 9.18 Å². The molecule has 2 heterocycles. The number of aromatic nitrogens is 1. The molecule has 1 fully saturated rings. The number of amides is 1. The molecular weight excluding hydrogens is 391 g/mol. The Kier molecular flexibility index (Phi) is 5.56. The number of methoxy groups -OCH3 is 1. The maximum absolute atomic E-state index is 14.8. The summed E-state index contributed by atoms with van der Waals surface area (Å²) < 4.78 is 19.9. The van der Waals surface area contributed by atoms with Gasteiger partial charge in [0.2, 0.25) is 0 Å². The fourth-order valence-corrected chi connectivity index (χ4v) is 5.24. The molecule has 3 N–H and O–H groups in total. The number of carbonyl (C=O) groups is 1. The fourth-order valence-electron chi connectivity index (χ4n) is 4.20. The van der Waals surface area contributed by atoms with Crippen LogP contribution in [0.1, 0.15) is 40.9 Å². The molecule has 2 aromatic rings. The molecule has 1 amide bonds. The van der Waals surface area contributed by atoms with Crippen LogP contribution >= 0.6 is 11.8 Å². The van der Waals surface area contributed by atoms with Crippen LogP contribution in [-0.4, -0.2) is 28.9 Å². The Hall–Kier alpha value is -2.45. The number of nitrogens with one attached hydrogen (secondary N) is 1. The zero-order valence-electron chi connectivity index (χ0n) is 16.2. The molecule has 0 spiro atoms. The van der Waals surface area contributed by atoms with Gasteiger partial charge in [-0.05, 0) is 48.6 Å². The van der Waals surface area contributed by atoms with Gasteiger partial charge in [-0.15, -0.1) is 0 Å². The van der Waals surface area contributed by atoms with Crippen molar-refractivity contribution in [2.75, 3.05) is 18.2 Å². The number of rotatable bonds is 5. The molecule has 1 aromatic heterocycles. The lowest BCUT2D eigenvalue weighted by Crippen LogP contribution is -2.37. The first-order valence-electron chi connectivity index (χ1n) is 9.55. The van der Waals surface area contributed by atoms with Gasteiger partial charge in [-0.2, -0.15) is 0 Å². The maximum atomic E-state index is 14.8. The average molecular weight is 415 g/mol. The van der Waals surface area contributed by atoms with Crippen molar-refractivity contribution in [3.63, 3.8) is 0 Å². The number of halogens is 1. The van der Waals surface area contributed by atoms with Crippen LogP contribution in [0.5, 0.6) is 0 Å². The van der Waals surface area contributed by atoms with Crippen molar-refractivity contribution in [1.82, 2.24) is 4.98 Å². The van der Waals surface area contributed by atoms with Gasteiger partial charge < -0.3 is 15.8 Å². The first kappa shape index (κ1) is 19.8. The number of amidine groups is 1. The topological polar surface area (TPSA) is 89.6 Å². The molecule has 1 saturated carbocycles. The second-order valence-corrected chi connectivity index (χ2v) is 8.45. The summed E-state index contributed by atoms with van der Waals surface area (Å²) in [7, 11) is 1.60. The van der Waals surface area contributed by atoms with Crippen LogP contribution in [0.15, 0.2) is 41.5 Å². The zero-order chi connectivity index (χ0) is 20.4. The molecule has 4 rings (SSSR count). The van der Waals surface area contributed by atoms with Crippen molar-refractivity contribution in [1.29, 1.82) is 0 Å². The number of nitrogens with zero attached hydrogens (tertiary/aromatic N) is 2. The first-order chi connectivity index (χ1) is 14.0. The molecule has 2 aliphatic rings. The standard InChI is InChI=1S/C21H23FN4O2S/c1-28-11-13-4-7-18(24-10-13)19(27)25-15-5-6-17(22)16(9-15)21-8-2-3-14(21)12-29-20(23)26-21/h4-7,9-10,14H,2-3,8,11-12H2,1H3,(H2,23,26)(H,25,27)/t14-,21-/m0/s1. The van der Waals surface area contributed by atoms with Crippen molar-refractivity contribution < 1.29 is 13.9 Å². The SMILES string of the molecule is COCc1ccc(C(=O)Nc2ccc(F)c([C@]34CCC[C@H]3CSC(N)=N4)c2)nc1. The molecule has 1 aliphatic carbocycles. The van der Waals surface area contributed by atoms with Gasteiger partial charge in [-0.25, -0.2) is 4.39 Å². The number of aliphatic imine (C=N–C) groups is 1. The summed E-state index contributed by atoms with van der Waals surface area (Å²) in [5, 5.41) is 3.32. The lowest BCUT2D eigenvalue weighted by atomic mass is 9.81. The summed E-state index contributed by atoms with van der Waals surface area (Å²) >= 11 is 1.53. The van der Waals surface area contributed by atoms with E-state index < -0.39 is 5.54 Å². The number of thioether (sulfide) groups is 1. The quantitative estimate of drug-likeness (QED) is 0.779. The van der Waals surface area contributed by atoms with Gasteiger partial charge in [0.15, 0.2) is 5.17 Å². The van der Waals surface area contributed by atoms with E-state index in [1.165, 1.54) is 17.8 Å². The molecule has 8 heteroatoms. The van der Waals surface area contributed by atoms with E-state index in [0.29, 0.717) is 23.0 Å². The van der Waals surface area contributed by atoms with Crippen molar-refractivity contribution in [3.05, 3.63) is 59.2 Å². The minimum atomic E-state index is -0.639. The molecule has 1 aliphatic heterocycles. The van der Waals surface area contributed by atoms with E-state index in [4.69, 9.17) is 15.5 Å². The maximum Gasteiger partial charge on any atom is 0.274 e. The molecule has 0 radical (unpaired) electrons. The van der Waals surface area contributed by atoms with Crippen LogP contribution in [0.3, 0.4) is 0 Å². The normalized spacial score (nSPS) is 23.4. The Bertz CT molecular complexity index is 950. The molecular formula is C21H23FN4O2S. The van der Waals surface area contributed by atoms with Gasteiger partial charge in [0.05, 0.1) is 12.1 Å². The predicted molar refractivity (Wildman–Crippen MR) is 112 cm³/mol. The predicted octanol–water partition coefficient (Wildman–Crippen LogP) is 3.68. The summed E-state index contributed by atoms with van der Waals surface area (Å²) in [5.74, 6) is 0.410. The summed E-state index contributed by atoms with van der Waals surface area (Å²) in [6.07, 6.45) is 4.34. The zero-order valence-corrected chi connectivity index (χ0v) is 17.0. The third-order valence-electron chi connectivity index (χ3n) is 5.59. The highest BCUT2D eigenvalue weighted by atomic mass is 32.2. The number of ether oxygens (including phenoxy) is 1. The Morgan fingerprint density at radius 2 is 2.28 bits per heavy atom. The third-order valence-corrected chi connectivity index (χ3v) is 6.54. The Labute approximate surface area is 173 Å². The molecule has 0 unspecified atom stereocenters. The number of fused-ring (bicyclic) bond motifs is 1. The molecule has 29 heavy (non-hydrogen) atoms. The molecule has 0 saturated heterocycles. The molecule has 0 bridgehead atoms. The number of nitrogens with two attached hydrogens (primary N) is 1. The second-order valence-electron chi connectivity index (χ2n) is 7.41. The summed E-state index contributed by atoms with van der Waals surface area (Å²) in [4.78, 5) is 21.5. The van der Waals surface area contributed by atoms with Gasteiger partial charge >= 0.3 is 0 Å². The minimum Gasteiger partial charge on any atom is -0.380 e. The average Bonchev–Trinajstić information content (AvgIpc) is 3.14. The highest BCUT2D eigenvalue weighted by Gasteiger charge is 2.48. The minimum absolute atomic E-state index is 0.246. The monoisotopic (exact) mass is 414 g/mol. The lowest BCUT2D eigenvalue weighted by Gasteiger charge is -2.36.